The summed E-state index contributed by atoms with van der Waals surface area (Å²) in [6.45, 7) is 1.61. The fourth-order valence-electron chi connectivity index (χ4n) is 2.09. The maximum absolute atomic E-state index is 9.47. The number of hydrogen-bond donors (Lipinski definition) is 1. The number of anilines is 1. The molecule has 0 amide bonds. The van der Waals surface area contributed by atoms with Crippen LogP contribution >= 0.6 is 0 Å². The van der Waals surface area contributed by atoms with E-state index in [9.17, 15) is 5.11 Å². The van der Waals surface area contributed by atoms with Crippen molar-refractivity contribution in [3.05, 3.63) is 18.1 Å². The summed E-state index contributed by atoms with van der Waals surface area (Å²) in [7, 11) is 0. The fraction of sp³-hybridized carbons (Fsp3) is 0.636. The zero-order chi connectivity index (χ0) is 10.3. The molecule has 80 valence electrons. The number of nitrogens with zero attached hydrogens (tertiary/aromatic N) is 3. The summed E-state index contributed by atoms with van der Waals surface area (Å²) in [5, 5.41) is 9.47. The van der Waals surface area contributed by atoms with Gasteiger partial charge in [0.25, 0.3) is 0 Å². The van der Waals surface area contributed by atoms with E-state index in [-0.39, 0.29) is 6.10 Å². The van der Waals surface area contributed by atoms with E-state index in [1.54, 1.807) is 6.33 Å². The third kappa shape index (κ3) is 1.81. The topological polar surface area (TPSA) is 49.2 Å². The van der Waals surface area contributed by atoms with Crippen LogP contribution in [0.1, 0.15) is 30.9 Å². The maximum atomic E-state index is 9.47. The summed E-state index contributed by atoms with van der Waals surface area (Å²) >= 11 is 0. The molecule has 0 aromatic carbocycles. The number of β-amino-alcohol motifs (C(OH)–C–C–N with tert-alkyl or cyclic N) is 1. The summed E-state index contributed by atoms with van der Waals surface area (Å²) in [6.07, 6.45) is 4.83. The average molecular weight is 205 g/mol. The summed E-state index contributed by atoms with van der Waals surface area (Å²) in [4.78, 5) is 10.7. The lowest BCUT2D eigenvalue weighted by Gasteiger charge is -2.16. The Morgan fingerprint density at radius 3 is 2.80 bits per heavy atom. The molecule has 1 saturated heterocycles. The number of rotatable bonds is 2. The number of aliphatic hydroxyl groups excluding tert-OH is 1. The third-order valence-corrected chi connectivity index (χ3v) is 3.16. The molecule has 1 atom stereocenters. The van der Waals surface area contributed by atoms with Crippen molar-refractivity contribution in [1.82, 2.24) is 9.97 Å². The largest absolute Gasteiger partial charge is 0.391 e. The molecule has 1 saturated carbocycles. The van der Waals surface area contributed by atoms with Crippen molar-refractivity contribution in [3.8, 4) is 0 Å². The predicted molar refractivity (Wildman–Crippen MR) is 56.8 cm³/mol. The molecule has 1 aromatic rings. The quantitative estimate of drug-likeness (QED) is 0.780. The van der Waals surface area contributed by atoms with Crippen molar-refractivity contribution >= 4 is 5.82 Å². The standard InChI is InChI=1S/C11H15N3O/c15-9-3-4-14(6-9)11-5-10(8-1-2-8)12-7-13-11/h5,7-9,15H,1-4,6H2. The molecule has 2 heterocycles. The second-order valence-corrected chi connectivity index (χ2v) is 4.46. The van der Waals surface area contributed by atoms with Crippen LogP contribution in [0.4, 0.5) is 5.82 Å². The van der Waals surface area contributed by atoms with E-state index >= 15 is 0 Å². The van der Waals surface area contributed by atoms with Gasteiger partial charge in [-0.1, -0.05) is 0 Å². The van der Waals surface area contributed by atoms with Gasteiger partial charge in [-0.2, -0.15) is 0 Å². The zero-order valence-corrected chi connectivity index (χ0v) is 8.63. The van der Waals surface area contributed by atoms with Gasteiger partial charge in [-0.25, -0.2) is 9.97 Å². The molecule has 1 N–H and O–H groups in total. The molecule has 4 nitrogen and oxygen atoms in total. The van der Waals surface area contributed by atoms with E-state index in [0.29, 0.717) is 12.5 Å². The summed E-state index contributed by atoms with van der Waals surface area (Å²) in [5.74, 6) is 1.64. The summed E-state index contributed by atoms with van der Waals surface area (Å²) in [6, 6.07) is 2.08. The zero-order valence-electron chi connectivity index (χ0n) is 8.63. The van der Waals surface area contributed by atoms with Crippen molar-refractivity contribution in [2.24, 2.45) is 0 Å². The van der Waals surface area contributed by atoms with Crippen LogP contribution in [0.25, 0.3) is 0 Å². The van der Waals surface area contributed by atoms with Crippen LogP contribution in [0, 0.1) is 0 Å². The first-order valence-corrected chi connectivity index (χ1v) is 5.58. The first-order chi connectivity index (χ1) is 7.33. The molecule has 15 heavy (non-hydrogen) atoms. The molecule has 2 fully saturated rings. The molecule has 0 radical (unpaired) electrons. The second-order valence-electron chi connectivity index (χ2n) is 4.46. The Morgan fingerprint density at radius 2 is 2.13 bits per heavy atom. The highest BCUT2D eigenvalue weighted by Crippen LogP contribution is 2.39. The maximum Gasteiger partial charge on any atom is 0.132 e. The van der Waals surface area contributed by atoms with Crippen LogP contribution < -0.4 is 4.90 Å². The molecule has 1 aromatic heterocycles. The van der Waals surface area contributed by atoms with Gasteiger partial charge in [0, 0.05) is 30.8 Å². The second kappa shape index (κ2) is 3.45. The van der Waals surface area contributed by atoms with E-state index < -0.39 is 0 Å². The van der Waals surface area contributed by atoms with Crippen molar-refractivity contribution in [2.75, 3.05) is 18.0 Å². The summed E-state index contributed by atoms with van der Waals surface area (Å²) < 4.78 is 0. The van der Waals surface area contributed by atoms with Crippen LogP contribution in [0.2, 0.25) is 0 Å². The van der Waals surface area contributed by atoms with Crippen LogP contribution in [0.15, 0.2) is 12.4 Å². The molecule has 0 bridgehead atoms. The average Bonchev–Trinajstić information content (AvgIpc) is 3.02. The van der Waals surface area contributed by atoms with E-state index in [4.69, 9.17) is 0 Å². The van der Waals surface area contributed by atoms with Gasteiger partial charge in [0.15, 0.2) is 0 Å². The normalized spacial score (nSPS) is 25.9. The minimum atomic E-state index is -0.190. The van der Waals surface area contributed by atoms with Gasteiger partial charge in [-0.3, -0.25) is 0 Å². The van der Waals surface area contributed by atoms with Gasteiger partial charge in [0.1, 0.15) is 12.1 Å². The van der Waals surface area contributed by atoms with E-state index in [0.717, 1.165) is 18.8 Å². The molecular formula is C11H15N3O. The Labute approximate surface area is 89.0 Å². The Kier molecular flexibility index (Phi) is 2.09. The van der Waals surface area contributed by atoms with Crippen LogP contribution in [0.3, 0.4) is 0 Å². The lowest BCUT2D eigenvalue weighted by molar-refractivity contribution is 0.198. The number of aliphatic hydroxyl groups is 1. The molecule has 1 aliphatic carbocycles. The van der Waals surface area contributed by atoms with Crippen LogP contribution in [-0.4, -0.2) is 34.3 Å². The lowest BCUT2D eigenvalue weighted by Crippen LogP contribution is -2.22. The molecular weight excluding hydrogens is 190 g/mol. The SMILES string of the molecule is OC1CCN(c2cc(C3CC3)ncn2)C1. The number of hydrogen-bond acceptors (Lipinski definition) is 4. The van der Waals surface area contributed by atoms with Crippen molar-refractivity contribution in [2.45, 2.75) is 31.3 Å². The Morgan fingerprint density at radius 1 is 1.27 bits per heavy atom. The highest BCUT2D eigenvalue weighted by Gasteiger charge is 2.27. The van der Waals surface area contributed by atoms with E-state index in [1.807, 2.05) is 0 Å². The third-order valence-electron chi connectivity index (χ3n) is 3.16. The van der Waals surface area contributed by atoms with Gasteiger partial charge >= 0.3 is 0 Å². The van der Waals surface area contributed by atoms with E-state index in [2.05, 4.69) is 20.9 Å². The smallest absolute Gasteiger partial charge is 0.132 e. The molecule has 3 rings (SSSR count). The van der Waals surface area contributed by atoms with Gasteiger partial charge < -0.3 is 10.0 Å². The highest BCUT2D eigenvalue weighted by molar-refractivity contribution is 5.41. The summed E-state index contributed by atoms with van der Waals surface area (Å²) in [5.41, 5.74) is 1.17. The lowest BCUT2D eigenvalue weighted by atomic mass is 10.3. The van der Waals surface area contributed by atoms with Crippen molar-refractivity contribution in [1.29, 1.82) is 0 Å². The minimum Gasteiger partial charge on any atom is -0.391 e. The first-order valence-electron chi connectivity index (χ1n) is 5.58. The van der Waals surface area contributed by atoms with Gasteiger partial charge in [-0.05, 0) is 19.3 Å². The first kappa shape index (κ1) is 9.09. The van der Waals surface area contributed by atoms with Gasteiger partial charge in [0.2, 0.25) is 0 Å². The Balaban J connectivity index is 1.81. The van der Waals surface area contributed by atoms with Crippen molar-refractivity contribution < 1.29 is 5.11 Å². The monoisotopic (exact) mass is 205 g/mol. The molecule has 4 heteroatoms. The Hall–Kier alpha value is -1.16. The van der Waals surface area contributed by atoms with E-state index in [1.165, 1.54) is 18.5 Å². The van der Waals surface area contributed by atoms with Crippen LogP contribution in [0.5, 0.6) is 0 Å². The van der Waals surface area contributed by atoms with Crippen molar-refractivity contribution in [3.63, 3.8) is 0 Å². The predicted octanol–water partition coefficient (Wildman–Crippen LogP) is 0.925. The minimum absolute atomic E-state index is 0.190. The van der Waals surface area contributed by atoms with Gasteiger partial charge in [-0.15, -0.1) is 0 Å². The molecule has 1 aliphatic heterocycles. The molecule has 0 spiro atoms. The van der Waals surface area contributed by atoms with Crippen LogP contribution in [-0.2, 0) is 0 Å². The molecule has 1 unspecified atom stereocenters. The number of aromatic nitrogens is 2. The van der Waals surface area contributed by atoms with Gasteiger partial charge in [0.05, 0.1) is 6.10 Å². The highest BCUT2D eigenvalue weighted by atomic mass is 16.3. The Bertz CT molecular complexity index is 365. The fourth-order valence-corrected chi connectivity index (χ4v) is 2.09. The molecule has 2 aliphatic rings.